The first-order valence-electron chi connectivity index (χ1n) is 7.67. The predicted molar refractivity (Wildman–Crippen MR) is 92.9 cm³/mol. The second-order valence-corrected chi connectivity index (χ2v) is 5.40. The number of benzene rings is 2. The van der Waals surface area contributed by atoms with Crippen LogP contribution < -0.4 is 5.43 Å². The van der Waals surface area contributed by atoms with Crippen LogP contribution in [0.3, 0.4) is 0 Å². The zero-order valence-corrected chi connectivity index (χ0v) is 13.3. The number of aryl methyl sites for hydroxylation is 2. The van der Waals surface area contributed by atoms with Crippen LogP contribution in [0.4, 0.5) is 0 Å². The summed E-state index contributed by atoms with van der Waals surface area (Å²) in [5.74, 6) is 0.802. The van der Waals surface area contributed by atoms with Crippen molar-refractivity contribution in [2.24, 2.45) is 5.10 Å². The van der Waals surface area contributed by atoms with Crippen LogP contribution in [0.25, 0.3) is 11.0 Å². The van der Waals surface area contributed by atoms with Gasteiger partial charge >= 0.3 is 0 Å². The highest BCUT2D eigenvalue weighted by molar-refractivity contribution is 5.85. The molecule has 122 valence electrons. The molecule has 3 rings (SSSR count). The highest BCUT2D eigenvalue weighted by atomic mass is 16.3. The molecule has 0 fully saturated rings. The van der Waals surface area contributed by atoms with E-state index in [9.17, 15) is 9.90 Å². The van der Waals surface area contributed by atoms with Crippen molar-refractivity contribution in [1.82, 2.24) is 15.0 Å². The molecular weight excluding hydrogens is 304 g/mol. The molecule has 1 aromatic heterocycles. The van der Waals surface area contributed by atoms with Crippen LogP contribution in [0.1, 0.15) is 17.8 Å². The van der Waals surface area contributed by atoms with Crippen molar-refractivity contribution in [1.29, 1.82) is 0 Å². The number of hydrogen-bond donors (Lipinski definition) is 2. The fraction of sp³-hybridized carbons (Fsp3) is 0.167. The third-order valence-electron chi connectivity index (χ3n) is 3.74. The number of nitrogens with one attached hydrogen (secondary N) is 1. The van der Waals surface area contributed by atoms with Crippen molar-refractivity contribution >= 4 is 23.2 Å². The number of carbonyl (C=O) groups is 1. The SMILES string of the molecule is Cc1nc2ccccc2n1CCC(=O)N/N=C/c1ccccc1O. The molecule has 0 atom stereocenters. The molecule has 6 nitrogen and oxygen atoms in total. The third kappa shape index (κ3) is 3.43. The second-order valence-electron chi connectivity index (χ2n) is 5.40. The van der Waals surface area contributed by atoms with E-state index in [0.29, 0.717) is 18.5 Å². The summed E-state index contributed by atoms with van der Waals surface area (Å²) in [7, 11) is 0. The lowest BCUT2D eigenvalue weighted by Crippen LogP contribution is -2.19. The van der Waals surface area contributed by atoms with E-state index in [1.807, 2.05) is 35.8 Å². The smallest absolute Gasteiger partial charge is 0.241 e. The maximum absolute atomic E-state index is 11.9. The van der Waals surface area contributed by atoms with Crippen molar-refractivity contribution in [2.45, 2.75) is 19.9 Å². The number of hydrazone groups is 1. The molecule has 0 aliphatic carbocycles. The van der Waals surface area contributed by atoms with E-state index in [1.165, 1.54) is 6.21 Å². The van der Waals surface area contributed by atoms with Crippen molar-refractivity contribution in [3.63, 3.8) is 0 Å². The van der Waals surface area contributed by atoms with Crippen LogP contribution in [0.2, 0.25) is 0 Å². The summed E-state index contributed by atoms with van der Waals surface area (Å²) in [6.45, 7) is 2.46. The number of imidazole rings is 1. The Bertz CT molecular complexity index is 899. The van der Waals surface area contributed by atoms with Gasteiger partial charge in [-0.05, 0) is 31.2 Å². The topological polar surface area (TPSA) is 79.5 Å². The first-order chi connectivity index (χ1) is 11.6. The first kappa shape index (κ1) is 15.7. The summed E-state index contributed by atoms with van der Waals surface area (Å²) in [4.78, 5) is 16.4. The molecule has 0 aliphatic heterocycles. The molecular formula is C18H18N4O2. The van der Waals surface area contributed by atoms with Crippen LogP contribution >= 0.6 is 0 Å². The molecule has 0 spiro atoms. The molecule has 0 bridgehead atoms. The maximum Gasteiger partial charge on any atom is 0.241 e. The van der Waals surface area contributed by atoms with Gasteiger partial charge in [0.05, 0.1) is 17.2 Å². The fourth-order valence-electron chi connectivity index (χ4n) is 2.52. The zero-order chi connectivity index (χ0) is 16.9. The van der Waals surface area contributed by atoms with Gasteiger partial charge in [0.2, 0.25) is 5.91 Å². The molecule has 2 N–H and O–H groups in total. The molecule has 0 radical (unpaired) electrons. The van der Waals surface area contributed by atoms with Gasteiger partial charge in [-0.25, -0.2) is 10.4 Å². The Hall–Kier alpha value is -3.15. The standard InChI is InChI=1S/C18H18N4O2/c1-13-20-15-7-3-4-8-16(15)22(13)11-10-18(24)21-19-12-14-6-2-5-9-17(14)23/h2-9,12,23H,10-11H2,1H3,(H,21,24)/b19-12+. The Balaban J connectivity index is 1.59. The molecule has 3 aromatic rings. The Morgan fingerprint density at radius 2 is 2.00 bits per heavy atom. The van der Waals surface area contributed by atoms with Gasteiger partial charge in [0, 0.05) is 18.5 Å². The van der Waals surface area contributed by atoms with E-state index in [1.54, 1.807) is 24.3 Å². The molecule has 6 heteroatoms. The average molecular weight is 322 g/mol. The monoisotopic (exact) mass is 322 g/mol. The van der Waals surface area contributed by atoms with Gasteiger partial charge in [-0.1, -0.05) is 24.3 Å². The van der Waals surface area contributed by atoms with Gasteiger partial charge in [-0.3, -0.25) is 4.79 Å². The number of phenols is 1. The Morgan fingerprint density at radius 1 is 1.25 bits per heavy atom. The van der Waals surface area contributed by atoms with Gasteiger partial charge < -0.3 is 9.67 Å². The molecule has 1 amide bonds. The van der Waals surface area contributed by atoms with Crippen LogP contribution in [0.15, 0.2) is 53.6 Å². The number of amides is 1. The zero-order valence-electron chi connectivity index (χ0n) is 13.3. The van der Waals surface area contributed by atoms with Gasteiger partial charge in [-0.2, -0.15) is 5.10 Å². The lowest BCUT2D eigenvalue weighted by Gasteiger charge is -2.06. The van der Waals surface area contributed by atoms with Crippen LogP contribution in [-0.2, 0) is 11.3 Å². The molecule has 2 aromatic carbocycles. The Kier molecular flexibility index (Phi) is 4.56. The van der Waals surface area contributed by atoms with Crippen LogP contribution in [-0.4, -0.2) is 26.8 Å². The van der Waals surface area contributed by atoms with Gasteiger partial charge in [-0.15, -0.1) is 0 Å². The van der Waals surface area contributed by atoms with E-state index in [-0.39, 0.29) is 11.7 Å². The largest absolute Gasteiger partial charge is 0.507 e. The molecule has 0 unspecified atom stereocenters. The van der Waals surface area contributed by atoms with Gasteiger partial charge in [0.15, 0.2) is 0 Å². The highest BCUT2D eigenvalue weighted by Gasteiger charge is 2.08. The average Bonchev–Trinajstić information content (AvgIpc) is 2.90. The summed E-state index contributed by atoms with van der Waals surface area (Å²) < 4.78 is 2.02. The van der Waals surface area contributed by atoms with E-state index in [4.69, 9.17) is 0 Å². The molecule has 24 heavy (non-hydrogen) atoms. The van der Waals surface area contributed by atoms with Gasteiger partial charge in [0.25, 0.3) is 0 Å². The fourth-order valence-corrected chi connectivity index (χ4v) is 2.52. The quantitative estimate of drug-likeness (QED) is 0.560. The summed E-state index contributed by atoms with van der Waals surface area (Å²) in [5, 5.41) is 13.5. The summed E-state index contributed by atoms with van der Waals surface area (Å²) in [6, 6.07) is 14.6. The lowest BCUT2D eigenvalue weighted by molar-refractivity contribution is -0.121. The van der Waals surface area contributed by atoms with Crippen molar-refractivity contribution in [2.75, 3.05) is 0 Å². The number of phenolic OH excluding ortho intramolecular Hbond substituents is 1. The second kappa shape index (κ2) is 6.95. The number of carbonyl (C=O) groups excluding carboxylic acids is 1. The van der Waals surface area contributed by atoms with Crippen LogP contribution in [0, 0.1) is 6.92 Å². The minimum absolute atomic E-state index is 0.121. The molecule has 0 aliphatic rings. The number of para-hydroxylation sites is 3. The normalized spacial score (nSPS) is 11.2. The number of fused-ring (bicyclic) bond motifs is 1. The molecule has 0 saturated carbocycles. The van der Waals surface area contributed by atoms with E-state index in [2.05, 4.69) is 15.5 Å². The predicted octanol–water partition coefficient (Wildman–Crippen LogP) is 2.59. The molecule has 1 heterocycles. The minimum atomic E-state index is -0.196. The number of rotatable bonds is 5. The Labute approximate surface area is 139 Å². The molecule has 0 saturated heterocycles. The van der Waals surface area contributed by atoms with Crippen molar-refractivity contribution in [3.8, 4) is 5.75 Å². The summed E-state index contributed by atoms with van der Waals surface area (Å²) in [5.41, 5.74) is 4.96. The van der Waals surface area contributed by atoms with Crippen molar-refractivity contribution < 1.29 is 9.90 Å². The lowest BCUT2D eigenvalue weighted by atomic mass is 10.2. The minimum Gasteiger partial charge on any atom is -0.507 e. The van der Waals surface area contributed by atoms with Crippen LogP contribution in [0.5, 0.6) is 5.75 Å². The van der Waals surface area contributed by atoms with Gasteiger partial charge in [0.1, 0.15) is 11.6 Å². The number of aromatic nitrogens is 2. The number of aromatic hydroxyl groups is 1. The number of nitrogens with zero attached hydrogens (tertiary/aromatic N) is 3. The first-order valence-corrected chi connectivity index (χ1v) is 7.67. The number of hydrogen-bond acceptors (Lipinski definition) is 4. The summed E-state index contributed by atoms with van der Waals surface area (Å²) >= 11 is 0. The van der Waals surface area contributed by atoms with E-state index >= 15 is 0 Å². The Morgan fingerprint density at radius 3 is 2.83 bits per heavy atom. The van der Waals surface area contributed by atoms with E-state index < -0.39 is 0 Å². The highest BCUT2D eigenvalue weighted by Crippen LogP contribution is 2.16. The summed E-state index contributed by atoms with van der Waals surface area (Å²) in [6.07, 6.45) is 1.71. The third-order valence-corrected chi connectivity index (χ3v) is 3.74. The maximum atomic E-state index is 11.9. The van der Waals surface area contributed by atoms with Crippen molar-refractivity contribution in [3.05, 3.63) is 59.9 Å². The van der Waals surface area contributed by atoms with E-state index in [0.717, 1.165) is 16.9 Å².